The Bertz CT molecular complexity index is 892. The van der Waals surface area contributed by atoms with Gasteiger partial charge in [0.25, 0.3) is 11.8 Å². The zero-order chi connectivity index (χ0) is 19.0. The summed E-state index contributed by atoms with van der Waals surface area (Å²) in [5, 5.41) is 8.53. The molecule has 0 atom stereocenters. The van der Waals surface area contributed by atoms with Gasteiger partial charge in [-0.05, 0) is 17.7 Å². The molecule has 1 saturated heterocycles. The lowest BCUT2D eigenvalue weighted by Gasteiger charge is -2.27. The fraction of sp³-hybridized carbons (Fsp3) is 0.389. The van der Waals surface area contributed by atoms with Crippen molar-refractivity contribution in [2.75, 3.05) is 32.7 Å². The van der Waals surface area contributed by atoms with Crippen LogP contribution in [0.2, 0.25) is 10.0 Å². The van der Waals surface area contributed by atoms with E-state index in [0.717, 1.165) is 18.7 Å². The minimum absolute atomic E-state index is 0.123. The third-order valence-electron chi connectivity index (χ3n) is 4.85. The molecule has 4 rings (SSSR count). The lowest BCUT2D eigenvalue weighted by Crippen LogP contribution is -2.46. The van der Waals surface area contributed by atoms with E-state index < -0.39 is 0 Å². The summed E-state index contributed by atoms with van der Waals surface area (Å²) in [6.45, 7) is 4.36. The molecule has 0 bridgehead atoms. The largest absolute Gasteiger partial charge is 0.335 e. The first-order valence-electron chi connectivity index (χ1n) is 8.84. The maximum atomic E-state index is 12.9. The number of fused-ring (bicyclic) bond motifs is 1. The molecule has 1 aromatic heterocycles. The van der Waals surface area contributed by atoms with E-state index in [4.69, 9.17) is 23.2 Å². The van der Waals surface area contributed by atoms with Crippen molar-refractivity contribution in [2.45, 2.75) is 13.1 Å². The van der Waals surface area contributed by atoms with Crippen LogP contribution >= 0.6 is 23.2 Å². The van der Waals surface area contributed by atoms with Crippen molar-refractivity contribution in [3.05, 3.63) is 51.3 Å². The van der Waals surface area contributed by atoms with Crippen LogP contribution in [0, 0.1) is 0 Å². The van der Waals surface area contributed by atoms with E-state index in [1.807, 2.05) is 6.07 Å². The van der Waals surface area contributed by atoms with Crippen molar-refractivity contribution in [3.8, 4) is 0 Å². The fourth-order valence-corrected chi connectivity index (χ4v) is 3.70. The number of piperazine rings is 1. The highest BCUT2D eigenvalue weighted by Gasteiger charge is 2.29. The van der Waals surface area contributed by atoms with Gasteiger partial charge in [0.15, 0.2) is 5.69 Å². The van der Waals surface area contributed by atoms with Gasteiger partial charge in [-0.15, -0.1) is 0 Å². The first-order valence-corrected chi connectivity index (χ1v) is 9.59. The third kappa shape index (κ3) is 3.67. The molecule has 2 aliphatic rings. The number of benzene rings is 1. The molecular weight excluding hydrogens is 389 g/mol. The van der Waals surface area contributed by atoms with Crippen LogP contribution in [-0.4, -0.2) is 64.1 Å². The Hall–Kier alpha value is -2.09. The minimum Gasteiger partial charge on any atom is -0.335 e. The van der Waals surface area contributed by atoms with Crippen LogP contribution < -0.4 is 5.32 Å². The number of hydrogen-bond donors (Lipinski definition) is 1. The second kappa shape index (κ2) is 7.50. The highest BCUT2D eigenvalue weighted by Crippen LogP contribution is 2.24. The molecule has 27 heavy (non-hydrogen) atoms. The molecule has 142 valence electrons. The van der Waals surface area contributed by atoms with Crippen LogP contribution in [0.25, 0.3) is 0 Å². The number of halogens is 2. The molecule has 1 aromatic carbocycles. The Labute approximate surface area is 166 Å². The van der Waals surface area contributed by atoms with E-state index >= 15 is 0 Å². The number of nitrogens with zero attached hydrogens (tertiary/aromatic N) is 4. The first-order chi connectivity index (χ1) is 13.0. The SMILES string of the molecule is O=C(c1cc2n(n1)CCN(Cc1ccc(Cl)c(Cl)c1)C2=O)N1CCNCC1. The second-order valence-corrected chi connectivity index (χ2v) is 7.47. The molecular formula is C18H19Cl2N5O2. The number of hydrogen-bond acceptors (Lipinski definition) is 4. The second-order valence-electron chi connectivity index (χ2n) is 6.66. The Morgan fingerprint density at radius 3 is 2.59 bits per heavy atom. The normalized spacial score (nSPS) is 17.2. The van der Waals surface area contributed by atoms with Crippen LogP contribution in [0.5, 0.6) is 0 Å². The van der Waals surface area contributed by atoms with Crippen molar-refractivity contribution >= 4 is 35.0 Å². The molecule has 1 fully saturated rings. The van der Waals surface area contributed by atoms with E-state index in [2.05, 4.69) is 10.4 Å². The molecule has 0 aliphatic carbocycles. The Kier molecular flexibility index (Phi) is 5.08. The standard InChI is InChI=1S/C18H19Cl2N5O2/c19-13-2-1-12(9-14(13)20)11-24-7-8-25-16(18(24)27)10-15(22-25)17(26)23-5-3-21-4-6-23/h1-2,9-10,21H,3-8,11H2. The summed E-state index contributed by atoms with van der Waals surface area (Å²) in [5.41, 5.74) is 1.68. The molecule has 3 heterocycles. The van der Waals surface area contributed by atoms with Crippen molar-refractivity contribution in [1.29, 1.82) is 0 Å². The first kappa shape index (κ1) is 18.3. The van der Waals surface area contributed by atoms with Crippen molar-refractivity contribution in [3.63, 3.8) is 0 Å². The van der Waals surface area contributed by atoms with Gasteiger partial charge in [0.1, 0.15) is 5.69 Å². The van der Waals surface area contributed by atoms with Crippen molar-refractivity contribution in [2.24, 2.45) is 0 Å². The molecule has 9 heteroatoms. The van der Waals surface area contributed by atoms with E-state index in [0.29, 0.717) is 54.2 Å². The predicted molar refractivity (Wildman–Crippen MR) is 102 cm³/mol. The molecule has 1 N–H and O–H groups in total. The van der Waals surface area contributed by atoms with E-state index in [-0.39, 0.29) is 11.8 Å². The predicted octanol–water partition coefficient (Wildman–Crippen LogP) is 1.89. The summed E-state index contributed by atoms with van der Waals surface area (Å²) in [7, 11) is 0. The van der Waals surface area contributed by atoms with Gasteiger partial charge in [0, 0.05) is 45.3 Å². The number of carbonyl (C=O) groups is 2. The van der Waals surface area contributed by atoms with E-state index in [9.17, 15) is 9.59 Å². The molecule has 0 spiro atoms. The Morgan fingerprint density at radius 1 is 1.07 bits per heavy atom. The summed E-state index contributed by atoms with van der Waals surface area (Å²) >= 11 is 12.0. The zero-order valence-corrected chi connectivity index (χ0v) is 16.1. The average Bonchev–Trinajstić information content (AvgIpc) is 3.12. The fourth-order valence-electron chi connectivity index (χ4n) is 3.38. The maximum Gasteiger partial charge on any atom is 0.274 e. The van der Waals surface area contributed by atoms with Gasteiger partial charge < -0.3 is 15.1 Å². The molecule has 0 unspecified atom stereocenters. The highest BCUT2D eigenvalue weighted by molar-refractivity contribution is 6.42. The van der Waals surface area contributed by atoms with E-state index in [1.165, 1.54) is 0 Å². The number of nitrogens with one attached hydrogen (secondary N) is 1. The summed E-state index contributed by atoms with van der Waals surface area (Å²) in [6, 6.07) is 6.95. The summed E-state index contributed by atoms with van der Waals surface area (Å²) in [6.07, 6.45) is 0. The van der Waals surface area contributed by atoms with Gasteiger partial charge in [0.2, 0.25) is 0 Å². The van der Waals surface area contributed by atoms with Gasteiger partial charge in [-0.1, -0.05) is 29.3 Å². The smallest absolute Gasteiger partial charge is 0.274 e. The number of carbonyl (C=O) groups excluding carboxylic acids is 2. The summed E-state index contributed by atoms with van der Waals surface area (Å²) in [4.78, 5) is 29.0. The van der Waals surface area contributed by atoms with Crippen molar-refractivity contribution in [1.82, 2.24) is 24.9 Å². The number of aromatic nitrogens is 2. The van der Waals surface area contributed by atoms with Gasteiger partial charge in [-0.3, -0.25) is 14.3 Å². The molecule has 2 amide bonds. The Morgan fingerprint density at radius 2 is 1.85 bits per heavy atom. The number of amides is 2. The summed E-state index contributed by atoms with van der Waals surface area (Å²) in [5.74, 6) is -0.263. The molecule has 2 aliphatic heterocycles. The summed E-state index contributed by atoms with van der Waals surface area (Å²) < 4.78 is 1.63. The van der Waals surface area contributed by atoms with Crippen LogP contribution in [0.1, 0.15) is 26.5 Å². The topological polar surface area (TPSA) is 70.5 Å². The van der Waals surface area contributed by atoms with Gasteiger partial charge in [0.05, 0.1) is 16.6 Å². The quantitative estimate of drug-likeness (QED) is 0.842. The lowest BCUT2D eigenvalue weighted by atomic mass is 10.2. The van der Waals surface area contributed by atoms with Crippen molar-refractivity contribution < 1.29 is 9.59 Å². The van der Waals surface area contributed by atoms with Crippen LogP contribution in [-0.2, 0) is 13.1 Å². The monoisotopic (exact) mass is 407 g/mol. The van der Waals surface area contributed by atoms with Gasteiger partial charge in [-0.25, -0.2) is 0 Å². The Balaban J connectivity index is 1.51. The highest BCUT2D eigenvalue weighted by atomic mass is 35.5. The third-order valence-corrected chi connectivity index (χ3v) is 5.59. The molecule has 0 saturated carbocycles. The maximum absolute atomic E-state index is 12.9. The van der Waals surface area contributed by atoms with Crippen LogP contribution in [0.3, 0.4) is 0 Å². The number of rotatable bonds is 3. The van der Waals surface area contributed by atoms with Crippen LogP contribution in [0.4, 0.5) is 0 Å². The van der Waals surface area contributed by atoms with Gasteiger partial charge in [-0.2, -0.15) is 5.10 Å². The molecule has 7 nitrogen and oxygen atoms in total. The molecule has 2 aromatic rings. The lowest BCUT2D eigenvalue weighted by molar-refractivity contribution is 0.0680. The van der Waals surface area contributed by atoms with Crippen LogP contribution in [0.15, 0.2) is 24.3 Å². The zero-order valence-electron chi connectivity index (χ0n) is 14.6. The van der Waals surface area contributed by atoms with Gasteiger partial charge >= 0.3 is 0 Å². The molecule has 0 radical (unpaired) electrons. The average molecular weight is 408 g/mol. The van der Waals surface area contributed by atoms with E-state index in [1.54, 1.807) is 32.7 Å². The minimum atomic E-state index is -0.140.